The van der Waals surface area contributed by atoms with Crippen molar-refractivity contribution in [1.82, 2.24) is 14.9 Å². The number of rotatable bonds is 5. The Hall–Kier alpha value is -2.88. The smallest absolute Gasteiger partial charge is 0.271 e. The second-order valence-corrected chi connectivity index (χ2v) is 5.43. The van der Waals surface area contributed by atoms with Gasteiger partial charge in [-0.1, -0.05) is 36.4 Å². The number of carbonyl (C=O) groups excluding carboxylic acids is 1. The van der Waals surface area contributed by atoms with Gasteiger partial charge in [0.2, 0.25) is 0 Å². The molecule has 2 aromatic heterocycles. The third-order valence-electron chi connectivity index (χ3n) is 3.87. The summed E-state index contributed by atoms with van der Waals surface area (Å²) in [4.78, 5) is 22.1. The Bertz CT molecular complexity index is 739. The van der Waals surface area contributed by atoms with Crippen LogP contribution in [0.4, 0.5) is 0 Å². The van der Waals surface area contributed by atoms with Crippen molar-refractivity contribution in [2.75, 3.05) is 0 Å². The van der Waals surface area contributed by atoms with Gasteiger partial charge in [0.05, 0.1) is 11.7 Å². The topological polar surface area (TPSA) is 49.0 Å². The molecule has 0 spiro atoms. The minimum atomic E-state index is -0.118. The minimum absolute atomic E-state index is 0.0305. The molecular weight excluding hydrogens is 286 g/mol. The van der Waals surface area contributed by atoms with Crippen LogP contribution in [0, 0.1) is 0 Å². The van der Waals surface area contributed by atoms with Crippen LogP contribution in [-0.2, 0) is 6.54 Å². The quantitative estimate of drug-likeness (QED) is 0.779. The Kier molecular flexibility index (Phi) is 4.52. The molecule has 0 aliphatic heterocycles. The summed E-state index contributed by atoms with van der Waals surface area (Å²) in [6.07, 6.45) is 3.52. The summed E-state index contributed by atoms with van der Waals surface area (Å²) in [6, 6.07) is 19.3. The van der Waals surface area contributed by atoms with Gasteiger partial charge < -0.3 is 9.88 Å². The molecule has 0 saturated carbocycles. The van der Waals surface area contributed by atoms with Crippen molar-refractivity contribution in [2.24, 2.45) is 0 Å². The molecular formula is C19H19N3O. The lowest BCUT2D eigenvalue weighted by Gasteiger charge is -2.28. The van der Waals surface area contributed by atoms with Gasteiger partial charge in [0, 0.05) is 18.9 Å². The molecule has 2 heterocycles. The summed E-state index contributed by atoms with van der Waals surface area (Å²) in [5, 5.41) is 0. The van der Waals surface area contributed by atoms with Crippen molar-refractivity contribution < 1.29 is 4.79 Å². The molecule has 3 rings (SSSR count). The van der Waals surface area contributed by atoms with Crippen LogP contribution < -0.4 is 0 Å². The zero-order chi connectivity index (χ0) is 16.1. The lowest BCUT2D eigenvalue weighted by Crippen LogP contribution is -2.33. The van der Waals surface area contributed by atoms with Gasteiger partial charge in [0.15, 0.2) is 0 Å². The summed E-state index contributed by atoms with van der Waals surface area (Å²) < 4.78 is 0. The Morgan fingerprint density at radius 1 is 1.09 bits per heavy atom. The van der Waals surface area contributed by atoms with E-state index in [9.17, 15) is 4.79 Å². The fourth-order valence-electron chi connectivity index (χ4n) is 2.57. The number of H-pyrrole nitrogens is 1. The molecule has 4 heteroatoms. The normalized spacial score (nSPS) is 11.9. The SMILES string of the molecule is CC(c1ccccn1)N(Cc1ccccc1)C(=O)c1ccc[nH]1. The summed E-state index contributed by atoms with van der Waals surface area (Å²) in [7, 11) is 0. The van der Waals surface area contributed by atoms with E-state index in [2.05, 4.69) is 9.97 Å². The lowest BCUT2D eigenvalue weighted by molar-refractivity contribution is 0.0665. The van der Waals surface area contributed by atoms with Crippen LogP contribution in [0.5, 0.6) is 0 Å². The number of amides is 1. The van der Waals surface area contributed by atoms with Crippen LogP contribution in [0.15, 0.2) is 73.1 Å². The van der Waals surface area contributed by atoms with Crippen LogP contribution in [0.2, 0.25) is 0 Å². The summed E-state index contributed by atoms with van der Waals surface area (Å²) >= 11 is 0. The van der Waals surface area contributed by atoms with Crippen LogP contribution in [-0.4, -0.2) is 20.8 Å². The van der Waals surface area contributed by atoms with Crippen molar-refractivity contribution in [2.45, 2.75) is 19.5 Å². The maximum atomic E-state index is 12.9. The monoisotopic (exact) mass is 305 g/mol. The highest BCUT2D eigenvalue weighted by molar-refractivity contribution is 5.92. The van der Waals surface area contributed by atoms with Gasteiger partial charge in [-0.15, -0.1) is 0 Å². The van der Waals surface area contributed by atoms with E-state index < -0.39 is 0 Å². The number of carbonyl (C=O) groups is 1. The molecule has 23 heavy (non-hydrogen) atoms. The van der Waals surface area contributed by atoms with Crippen LogP contribution in [0.25, 0.3) is 0 Å². The molecule has 1 N–H and O–H groups in total. The number of benzene rings is 1. The van der Waals surface area contributed by atoms with E-state index >= 15 is 0 Å². The number of hydrogen-bond donors (Lipinski definition) is 1. The molecule has 0 aliphatic carbocycles. The molecule has 1 unspecified atom stereocenters. The molecule has 3 aromatic rings. The number of pyridine rings is 1. The maximum absolute atomic E-state index is 12.9. The van der Waals surface area contributed by atoms with E-state index in [1.807, 2.05) is 66.4 Å². The fourth-order valence-corrected chi connectivity index (χ4v) is 2.57. The first-order valence-electron chi connectivity index (χ1n) is 7.65. The van der Waals surface area contributed by atoms with Crippen molar-refractivity contribution in [3.63, 3.8) is 0 Å². The van der Waals surface area contributed by atoms with Crippen molar-refractivity contribution >= 4 is 5.91 Å². The van der Waals surface area contributed by atoms with E-state index in [-0.39, 0.29) is 11.9 Å². The van der Waals surface area contributed by atoms with E-state index in [1.54, 1.807) is 18.5 Å². The van der Waals surface area contributed by atoms with Gasteiger partial charge >= 0.3 is 0 Å². The fraction of sp³-hybridized carbons (Fsp3) is 0.158. The molecule has 1 aromatic carbocycles. The standard InChI is InChI=1S/C19H19N3O/c1-15(17-10-5-6-12-20-17)22(14-16-8-3-2-4-9-16)19(23)18-11-7-13-21-18/h2-13,15,21H,14H2,1H3. The Balaban J connectivity index is 1.91. The van der Waals surface area contributed by atoms with E-state index in [0.29, 0.717) is 12.2 Å². The van der Waals surface area contributed by atoms with E-state index in [0.717, 1.165) is 11.3 Å². The van der Waals surface area contributed by atoms with Gasteiger partial charge in [-0.3, -0.25) is 9.78 Å². The first-order valence-corrected chi connectivity index (χ1v) is 7.65. The average molecular weight is 305 g/mol. The van der Waals surface area contributed by atoms with Crippen molar-refractivity contribution in [1.29, 1.82) is 0 Å². The molecule has 0 radical (unpaired) electrons. The highest BCUT2D eigenvalue weighted by Crippen LogP contribution is 2.22. The van der Waals surface area contributed by atoms with Crippen molar-refractivity contribution in [3.05, 3.63) is 90.0 Å². The highest BCUT2D eigenvalue weighted by Gasteiger charge is 2.24. The second kappa shape index (κ2) is 6.92. The maximum Gasteiger partial charge on any atom is 0.271 e. The number of nitrogens with zero attached hydrogens (tertiary/aromatic N) is 2. The van der Waals surface area contributed by atoms with E-state index in [1.165, 1.54) is 0 Å². The molecule has 0 aliphatic rings. The predicted molar refractivity (Wildman–Crippen MR) is 89.8 cm³/mol. The predicted octanol–water partition coefficient (Wildman–Crippen LogP) is 3.81. The Morgan fingerprint density at radius 3 is 2.52 bits per heavy atom. The highest BCUT2D eigenvalue weighted by atomic mass is 16.2. The first-order chi connectivity index (χ1) is 11.3. The second-order valence-electron chi connectivity index (χ2n) is 5.43. The Labute approximate surface area is 135 Å². The molecule has 0 saturated heterocycles. The lowest BCUT2D eigenvalue weighted by atomic mass is 10.1. The van der Waals surface area contributed by atoms with Gasteiger partial charge in [-0.05, 0) is 36.8 Å². The largest absolute Gasteiger partial charge is 0.357 e. The number of nitrogens with one attached hydrogen (secondary N) is 1. The molecule has 116 valence electrons. The minimum Gasteiger partial charge on any atom is -0.357 e. The van der Waals surface area contributed by atoms with Gasteiger partial charge in [0.1, 0.15) is 5.69 Å². The molecule has 0 fully saturated rings. The van der Waals surface area contributed by atoms with Gasteiger partial charge in [-0.2, -0.15) is 0 Å². The molecule has 1 amide bonds. The van der Waals surface area contributed by atoms with Crippen molar-refractivity contribution in [3.8, 4) is 0 Å². The molecule has 0 bridgehead atoms. The molecule has 1 atom stereocenters. The zero-order valence-corrected chi connectivity index (χ0v) is 13.0. The first kappa shape index (κ1) is 15.0. The van der Waals surface area contributed by atoms with Gasteiger partial charge in [-0.25, -0.2) is 0 Å². The van der Waals surface area contributed by atoms with Gasteiger partial charge in [0.25, 0.3) is 5.91 Å². The zero-order valence-electron chi connectivity index (χ0n) is 13.0. The summed E-state index contributed by atoms with van der Waals surface area (Å²) in [5.41, 5.74) is 2.56. The number of hydrogen-bond acceptors (Lipinski definition) is 2. The van der Waals surface area contributed by atoms with Crippen LogP contribution in [0.3, 0.4) is 0 Å². The Morgan fingerprint density at radius 2 is 1.87 bits per heavy atom. The molecule has 4 nitrogen and oxygen atoms in total. The average Bonchev–Trinajstić information content (AvgIpc) is 3.15. The van der Waals surface area contributed by atoms with Crippen LogP contribution >= 0.6 is 0 Å². The number of aromatic nitrogens is 2. The number of aromatic amines is 1. The third kappa shape index (κ3) is 3.48. The van der Waals surface area contributed by atoms with Crippen LogP contribution in [0.1, 0.15) is 34.7 Å². The summed E-state index contributed by atoms with van der Waals surface area (Å²) in [5.74, 6) is -0.0305. The third-order valence-corrected chi connectivity index (χ3v) is 3.87. The summed E-state index contributed by atoms with van der Waals surface area (Å²) in [6.45, 7) is 2.54. The van der Waals surface area contributed by atoms with E-state index in [4.69, 9.17) is 0 Å².